The van der Waals surface area contributed by atoms with Crippen molar-refractivity contribution in [1.82, 2.24) is 0 Å². The van der Waals surface area contributed by atoms with Gasteiger partial charge in [0, 0.05) is 0 Å². The van der Waals surface area contributed by atoms with Crippen molar-refractivity contribution in [2.24, 2.45) is 0 Å². The van der Waals surface area contributed by atoms with Gasteiger partial charge in [-0.15, -0.1) is 0 Å². The maximum atomic E-state index is 13.3. The molecule has 0 aromatic rings. The average Bonchev–Trinajstić information content (AvgIpc) is 2.59. The van der Waals surface area contributed by atoms with Gasteiger partial charge in [-0.05, 0) is 6.92 Å². The molecule has 205 valence electrons. The first kappa shape index (κ1) is 32.5. The van der Waals surface area contributed by atoms with Gasteiger partial charge in [-0.3, -0.25) is 0 Å². The molecule has 0 aliphatic rings. The van der Waals surface area contributed by atoms with E-state index in [0.29, 0.717) is 0 Å². The largest absolute Gasteiger partial charge is 0.460 e. The summed E-state index contributed by atoms with van der Waals surface area (Å²) in [5.41, 5.74) is 0. The maximum absolute atomic E-state index is 13.3. The Hall–Kier alpha value is -1.51. The highest BCUT2D eigenvalue weighted by Gasteiger charge is 2.98. The number of hydrogen-bond acceptors (Lipinski definition) is 1. The van der Waals surface area contributed by atoms with E-state index in [1.165, 1.54) is 0 Å². The molecule has 0 aromatic heterocycles. The fourth-order valence-electron chi connectivity index (χ4n) is 1.76. The summed E-state index contributed by atoms with van der Waals surface area (Å²) in [7, 11) is 0. The molecule has 0 aromatic carbocycles. The molecule has 1 radical (unpaired) electrons. The zero-order chi connectivity index (χ0) is 28.4. The van der Waals surface area contributed by atoms with Gasteiger partial charge in [0.25, 0.3) is 0 Å². The Labute approximate surface area is 171 Å². The number of alkyl halides is 21. The van der Waals surface area contributed by atoms with E-state index in [4.69, 9.17) is 0 Å². The monoisotopic (exact) mass is 563 g/mol. The fourth-order valence-corrected chi connectivity index (χ4v) is 1.76. The van der Waals surface area contributed by atoms with Crippen molar-refractivity contribution >= 4 is 0 Å². The Bertz CT molecular complexity index is 731. The second-order valence-corrected chi connectivity index (χ2v) is 5.96. The normalized spacial score (nSPS) is 16.8. The van der Waals surface area contributed by atoms with Gasteiger partial charge in [-0.1, -0.05) is 0 Å². The van der Waals surface area contributed by atoms with Crippen molar-refractivity contribution < 1.29 is 96.9 Å². The standard InChI is InChI=1S/C12H4F21O/c1-2-34-12(32,33)10(27,28)8(23,24)6(19,20)4(15,16)3(13,14)5(17,18)7(21,22)9(25,26)11(29,30)31/h1-2H2. The Morgan fingerprint density at radius 1 is 0.353 bits per heavy atom. The molecule has 0 N–H and O–H groups in total. The highest BCUT2D eigenvalue weighted by Crippen LogP contribution is 2.66. The first-order chi connectivity index (χ1) is 14.3. The van der Waals surface area contributed by atoms with Gasteiger partial charge in [0.05, 0.1) is 6.61 Å². The minimum Gasteiger partial charge on any atom is -0.316 e. The van der Waals surface area contributed by atoms with Crippen molar-refractivity contribution in [3.8, 4) is 0 Å². The van der Waals surface area contributed by atoms with E-state index in [0.717, 1.165) is 0 Å². The van der Waals surface area contributed by atoms with E-state index in [1.807, 2.05) is 0 Å². The second-order valence-electron chi connectivity index (χ2n) is 5.96. The molecule has 22 heteroatoms. The molecule has 0 fully saturated rings. The molecule has 0 aliphatic carbocycles. The van der Waals surface area contributed by atoms with Crippen LogP contribution in [0.3, 0.4) is 0 Å². The number of halogens is 21. The topological polar surface area (TPSA) is 9.23 Å². The van der Waals surface area contributed by atoms with Crippen LogP contribution < -0.4 is 0 Å². The van der Waals surface area contributed by atoms with Crippen molar-refractivity contribution in [1.29, 1.82) is 0 Å². The summed E-state index contributed by atoms with van der Waals surface area (Å²) in [4.78, 5) is 0. The van der Waals surface area contributed by atoms with Gasteiger partial charge in [0.1, 0.15) is 0 Å². The third-order valence-electron chi connectivity index (χ3n) is 3.77. The summed E-state index contributed by atoms with van der Waals surface area (Å²) in [6.07, 6.45) is -15.0. The smallest absolute Gasteiger partial charge is 0.316 e. The van der Waals surface area contributed by atoms with E-state index in [-0.39, 0.29) is 0 Å². The van der Waals surface area contributed by atoms with Crippen molar-refractivity contribution in [2.75, 3.05) is 6.61 Å². The SMILES string of the molecule is [CH2]COC(F)(F)C(F)(F)C(F)(F)C(F)(F)C(F)(F)C(F)(F)C(F)(F)C(F)(F)C(F)(F)C(F)(F)F. The van der Waals surface area contributed by atoms with Crippen LogP contribution in [0.4, 0.5) is 92.2 Å². The molecule has 34 heavy (non-hydrogen) atoms. The number of rotatable bonds is 10. The molecule has 0 saturated heterocycles. The minimum atomic E-state index is -9.18. The van der Waals surface area contributed by atoms with Crippen LogP contribution in [0, 0.1) is 6.92 Å². The first-order valence-corrected chi connectivity index (χ1v) is 7.21. The molecule has 1 nitrogen and oxygen atoms in total. The Morgan fingerprint density at radius 3 is 0.765 bits per heavy atom. The lowest BCUT2D eigenvalue weighted by Crippen LogP contribution is -2.77. The van der Waals surface area contributed by atoms with Crippen molar-refractivity contribution in [2.45, 2.75) is 59.7 Å². The quantitative estimate of drug-likeness (QED) is 0.259. The van der Waals surface area contributed by atoms with Gasteiger partial charge in [0.15, 0.2) is 0 Å². The predicted octanol–water partition coefficient (Wildman–Crippen LogP) is 7.07. The summed E-state index contributed by atoms with van der Waals surface area (Å²) in [6, 6.07) is 0. The predicted molar refractivity (Wildman–Crippen MR) is 61.9 cm³/mol. The average molecular weight is 563 g/mol. The lowest BCUT2D eigenvalue weighted by atomic mass is 9.87. The van der Waals surface area contributed by atoms with E-state index in [1.54, 1.807) is 0 Å². The lowest BCUT2D eigenvalue weighted by molar-refractivity contribution is -0.484. The zero-order valence-electron chi connectivity index (χ0n) is 14.8. The molecule has 0 unspecified atom stereocenters. The van der Waals surface area contributed by atoms with Crippen LogP contribution in [0.2, 0.25) is 0 Å². The Morgan fingerprint density at radius 2 is 0.559 bits per heavy atom. The van der Waals surface area contributed by atoms with Gasteiger partial charge in [-0.25, -0.2) is 0 Å². The van der Waals surface area contributed by atoms with E-state index in [2.05, 4.69) is 11.7 Å². The highest BCUT2D eigenvalue weighted by molar-refractivity contribution is 5.17. The van der Waals surface area contributed by atoms with Gasteiger partial charge >= 0.3 is 59.7 Å². The summed E-state index contributed by atoms with van der Waals surface area (Å²) in [5, 5.41) is 0. The van der Waals surface area contributed by atoms with E-state index in [9.17, 15) is 92.2 Å². The van der Waals surface area contributed by atoms with Crippen LogP contribution in [0.25, 0.3) is 0 Å². The molecule has 0 bridgehead atoms. The van der Waals surface area contributed by atoms with E-state index >= 15 is 0 Å². The second kappa shape index (κ2) is 8.00. The van der Waals surface area contributed by atoms with Crippen LogP contribution in [-0.4, -0.2) is 66.3 Å². The van der Waals surface area contributed by atoms with Crippen molar-refractivity contribution in [3.63, 3.8) is 0 Å². The van der Waals surface area contributed by atoms with Crippen molar-refractivity contribution in [3.05, 3.63) is 6.92 Å². The third-order valence-corrected chi connectivity index (χ3v) is 3.77. The summed E-state index contributed by atoms with van der Waals surface area (Å²) < 4.78 is 274. The molecule has 0 saturated carbocycles. The number of hydrogen-bond donors (Lipinski definition) is 0. The molecule has 0 amide bonds. The molecule has 0 rings (SSSR count). The number of ether oxygens (including phenoxy) is 1. The summed E-state index contributed by atoms with van der Waals surface area (Å²) >= 11 is 0. The Balaban J connectivity index is 7.01. The summed E-state index contributed by atoms with van der Waals surface area (Å²) in [6.45, 7) is 0.0753. The van der Waals surface area contributed by atoms with Gasteiger partial charge in [-0.2, -0.15) is 92.2 Å². The lowest BCUT2D eigenvalue weighted by Gasteiger charge is -2.44. The van der Waals surface area contributed by atoms with Crippen LogP contribution in [-0.2, 0) is 4.74 Å². The zero-order valence-corrected chi connectivity index (χ0v) is 14.8. The first-order valence-electron chi connectivity index (χ1n) is 7.21. The van der Waals surface area contributed by atoms with Gasteiger partial charge in [0.2, 0.25) is 0 Å². The third kappa shape index (κ3) is 3.80. The minimum absolute atomic E-state index is 2.06. The molecule has 0 spiro atoms. The van der Waals surface area contributed by atoms with Crippen LogP contribution in [0.1, 0.15) is 0 Å². The highest BCUT2D eigenvalue weighted by atomic mass is 19.4. The fraction of sp³-hybridized carbons (Fsp3) is 0.917. The molecular weight excluding hydrogens is 559 g/mol. The van der Waals surface area contributed by atoms with E-state index < -0.39 is 66.3 Å². The molecular formula is C12H4F21O. The van der Waals surface area contributed by atoms with Crippen LogP contribution in [0.15, 0.2) is 0 Å². The Kier molecular flexibility index (Phi) is 7.65. The van der Waals surface area contributed by atoms with Gasteiger partial charge < -0.3 is 4.74 Å². The summed E-state index contributed by atoms with van der Waals surface area (Å²) in [5.74, 6) is -70.4. The molecule has 0 heterocycles. The molecule has 0 atom stereocenters. The maximum Gasteiger partial charge on any atom is 0.460 e. The van der Waals surface area contributed by atoms with Crippen LogP contribution in [0.5, 0.6) is 0 Å². The van der Waals surface area contributed by atoms with Crippen LogP contribution >= 0.6 is 0 Å². The molecule has 0 aliphatic heterocycles.